The Labute approximate surface area is 159 Å². The molecule has 2 heterocycles. The molecule has 1 aromatic carbocycles. The van der Waals surface area contributed by atoms with E-state index in [9.17, 15) is 9.59 Å². The lowest BCUT2D eigenvalue weighted by molar-refractivity contribution is -0.120. The van der Waals surface area contributed by atoms with Crippen LogP contribution in [0.5, 0.6) is 0 Å². The summed E-state index contributed by atoms with van der Waals surface area (Å²) in [7, 11) is 0. The van der Waals surface area contributed by atoms with Crippen molar-refractivity contribution in [2.24, 2.45) is 0 Å². The molecule has 5 nitrogen and oxygen atoms in total. The molecule has 3 aromatic rings. The lowest BCUT2D eigenvalue weighted by atomic mass is 10.1. The van der Waals surface area contributed by atoms with E-state index in [1.807, 2.05) is 42.6 Å². The normalized spacial score (nSPS) is 12.0. The van der Waals surface area contributed by atoms with Gasteiger partial charge >= 0.3 is 0 Å². The van der Waals surface area contributed by atoms with Gasteiger partial charge in [-0.3, -0.25) is 9.59 Å². The zero-order chi connectivity index (χ0) is 18.5. The molecule has 0 saturated carbocycles. The van der Waals surface area contributed by atoms with Crippen LogP contribution < -0.4 is 10.9 Å². The Bertz CT molecular complexity index is 979. The minimum absolute atomic E-state index is 0.0548. The molecule has 134 valence electrons. The number of amides is 1. The first kappa shape index (κ1) is 18.4. The summed E-state index contributed by atoms with van der Waals surface area (Å²) >= 11 is 2.89. The molecule has 26 heavy (non-hydrogen) atoms. The topological polar surface area (TPSA) is 74.8 Å². The van der Waals surface area contributed by atoms with Crippen LogP contribution in [0, 0.1) is 0 Å². The van der Waals surface area contributed by atoms with E-state index >= 15 is 0 Å². The molecule has 1 amide bonds. The van der Waals surface area contributed by atoms with Crippen molar-refractivity contribution in [3.05, 3.63) is 64.5 Å². The molecule has 0 aliphatic rings. The molecule has 0 bridgehead atoms. The molecule has 7 heteroatoms. The van der Waals surface area contributed by atoms with Gasteiger partial charge < -0.3 is 10.3 Å². The molecule has 1 atom stereocenters. The Morgan fingerprint density at radius 2 is 2.19 bits per heavy atom. The highest BCUT2D eigenvalue weighted by atomic mass is 32.2. The van der Waals surface area contributed by atoms with Crippen molar-refractivity contribution in [2.75, 3.05) is 6.54 Å². The molecule has 0 spiro atoms. The number of hydrogen-bond donors (Lipinski definition) is 2. The van der Waals surface area contributed by atoms with Crippen molar-refractivity contribution in [3.63, 3.8) is 0 Å². The molecule has 1 unspecified atom stereocenters. The Balaban J connectivity index is 1.79. The number of carbonyl (C=O) groups excluding carboxylic acids is 1. The quantitative estimate of drug-likeness (QED) is 0.610. The van der Waals surface area contributed by atoms with Gasteiger partial charge in [0, 0.05) is 17.5 Å². The summed E-state index contributed by atoms with van der Waals surface area (Å²) in [5.74, 6) is 0.991. The minimum atomic E-state index is -0.237. The van der Waals surface area contributed by atoms with Gasteiger partial charge in [-0.05, 0) is 12.5 Å². The van der Waals surface area contributed by atoms with Gasteiger partial charge in [-0.25, -0.2) is 4.98 Å². The lowest BCUT2D eigenvalue weighted by Crippen LogP contribution is -2.31. The SMILES string of the molecule is C=CCNC(=O)C(C)SCc1nc2scc(-c3ccccc3)c2c(=O)[nH]1. The zero-order valence-corrected chi connectivity index (χ0v) is 16.0. The first-order chi connectivity index (χ1) is 12.6. The van der Waals surface area contributed by atoms with Crippen LogP contribution in [0.25, 0.3) is 21.3 Å². The minimum Gasteiger partial charge on any atom is -0.352 e. The van der Waals surface area contributed by atoms with Crippen molar-refractivity contribution in [1.82, 2.24) is 15.3 Å². The van der Waals surface area contributed by atoms with Crippen LogP contribution in [0.2, 0.25) is 0 Å². The third kappa shape index (κ3) is 4.05. The second kappa shape index (κ2) is 8.33. The number of rotatable bonds is 7. The number of thiophene rings is 1. The van der Waals surface area contributed by atoms with E-state index in [0.29, 0.717) is 28.3 Å². The first-order valence-electron chi connectivity index (χ1n) is 8.16. The smallest absolute Gasteiger partial charge is 0.260 e. The van der Waals surface area contributed by atoms with Crippen molar-refractivity contribution in [1.29, 1.82) is 0 Å². The summed E-state index contributed by atoms with van der Waals surface area (Å²) < 4.78 is 0. The molecular formula is C19H19N3O2S2. The maximum Gasteiger partial charge on any atom is 0.260 e. The molecule has 2 aromatic heterocycles. The van der Waals surface area contributed by atoms with E-state index < -0.39 is 0 Å². The average Bonchev–Trinajstić information content (AvgIpc) is 3.09. The van der Waals surface area contributed by atoms with Crippen LogP contribution in [-0.2, 0) is 10.5 Å². The average molecular weight is 386 g/mol. The van der Waals surface area contributed by atoms with Crippen LogP contribution >= 0.6 is 23.1 Å². The van der Waals surface area contributed by atoms with Crippen LogP contribution in [0.15, 0.2) is 53.2 Å². The monoisotopic (exact) mass is 385 g/mol. The summed E-state index contributed by atoms with van der Waals surface area (Å²) in [6.45, 7) is 5.86. The molecule has 0 aliphatic carbocycles. The molecular weight excluding hydrogens is 366 g/mol. The van der Waals surface area contributed by atoms with Gasteiger partial charge in [-0.15, -0.1) is 29.7 Å². The van der Waals surface area contributed by atoms with Crippen LogP contribution in [0.4, 0.5) is 0 Å². The first-order valence-corrected chi connectivity index (χ1v) is 10.1. The third-order valence-corrected chi connectivity index (χ3v) is 5.86. The molecule has 0 aliphatic heterocycles. The van der Waals surface area contributed by atoms with E-state index in [-0.39, 0.29) is 16.7 Å². The molecule has 0 saturated heterocycles. The highest BCUT2D eigenvalue weighted by Crippen LogP contribution is 2.30. The number of thioether (sulfide) groups is 1. The number of nitrogens with zero attached hydrogens (tertiary/aromatic N) is 1. The number of fused-ring (bicyclic) bond motifs is 1. The molecule has 3 rings (SSSR count). The summed E-state index contributed by atoms with van der Waals surface area (Å²) in [6.07, 6.45) is 1.64. The second-order valence-corrected chi connectivity index (χ2v) is 7.88. The van der Waals surface area contributed by atoms with Crippen molar-refractivity contribution in [3.8, 4) is 11.1 Å². The Kier molecular flexibility index (Phi) is 5.90. The van der Waals surface area contributed by atoms with E-state index in [0.717, 1.165) is 11.1 Å². The van der Waals surface area contributed by atoms with Crippen molar-refractivity contribution < 1.29 is 4.79 Å². The predicted octanol–water partition coefficient (Wildman–Crippen LogP) is 3.58. The number of aromatic amines is 1. The second-order valence-electron chi connectivity index (χ2n) is 5.70. The number of hydrogen-bond acceptors (Lipinski definition) is 5. The highest BCUT2D eigenvalue weighted by Gasteiger charge is 2.16. The van der Waals surface area contributed by atoms with Gasteiger partial charge in [0.25, 0.3) is 5.56 Å². The molecule has 0 radical (unpaired) electrons. The summed E-state index contributed by atoms with van der Waals surface area (Å²) in [4.78, 5) is 32.6. The van der Waals surface area contributed by atoms with Gasteiger partial charge in [-0.1, -0.05) is 36.4 Å². The Morgan fingerprint density at radius 3 is 2.92 bits per heavy atom. The third-order valence-electron chi connectivity index (χ3n) is 3.84. The fraction of sp³-hybridized carbons (Fsp3) is 0.211. The van der Waals surface area contributed by atoms with Crippen molar-refractivity contribution >= 4 is 39.2 Å². The van der Waals surface area contributed by atoms with Gasteiger partial charge in [-0.2, -0.15) is 0 Å². The largest absolute Gasteiger partial charge is 0.352 e. The number of aromatic nitrogens is 2. The summed E-state index contributed by atoms with van der Waals surface area (Å²) in [6, 6.07) is 9.80. The Morgan fingerprint density at radius 1 is 1.42 bits per heavy atom. The predicted molar refractivity (Wildman–Crippen MR) is 110 cm³/mol. The number of nitrogens with one attached hydrogen (secondary N) is 2. The van der Waals surface area contributed by atoms with Crippen LogP contribution in [0.3, 0.4) is 0 Å². The fourth-order valence-electron chi connectivity index (χ4n) is 2.49. The zero-order valence-electron chi connectivity index (χ0n) is 14.3. The summed E-state index contributed by atoms with van der Waals surface area (Å²) in [5, 5.41) is 5.11. The number of H-pyrrole nitrogens is 1. The van der Waals surface area contributed by atoms with Crippen LogP contribution in [0.1, 0.15) is 12.7 Å². The maximum absolute atomic E-state index is 12.6. The summed E-state index contributed by atoms with van der Waals surface area (Å²) in [5.41, 5.74) is 1.76. The van der Waals surface area contributed by atoms with E-state index in [2.05, 4.69) is 21.9 Å². The van der Waals surface area contributed by atoms with Gasteiger partial charge in [0.05, 0.1) is 16.4 Å². The maximum atomic E-state index is 12.6. The lowest BCUT2D eigenvalue weighted by Gasteiger charge is -2.10. The number of carbonyl (C=O) groups is 1. The molecule has 2 N–H and O–H groups in total. The standard InChI is InChI=1S/C19H19N3O2S2/c1-3-9-20-17(23)12(2)25-11-15-21-18(24)16-14(10-26-19(16)22-15)13-7-5-4-6-8-13/h3-8,10,12H,1,9,11H2,2H3,(H,20,23)(H,21,22,24). The Hall–Kier alpha value is -2.38. The van der Waals surface area contributed by atoms with Gasteiger partial charge in [0.2, 0.25) is 5.91 Å². The van der Waals surface area contributed by atoms with E-state index in [4.69, 9.17) is 0 Å². The fourth-order valence-corrected chi connectivity index (χ4v) is 4.23. The molecule has 0 fully saturated rings. The van der Waals surface area contributed by atoms with Crippen LogP contribution in [-0.4, -0.2) is 27.7 Å². The van der Waals surface area contributed by atoms with Gasteiger partial charge in [0.15, 0.2) is 0 Å². The van der Waals surface area contributed by atoms with Crippen molar-refractivity contribution in [2.45, 2.75) is 17.9 Å². The van der Waals surface area contributed by atoms with E-state index in [1.54, 1.807) is 6.08 Å². The van der Waals surface area contributed by atoms with Gasteiger partial charge in [0.1, 0.15) is 10.7 Å². The highest BCUT2D eigenvalue weighted by molar-refractivity contribution is 7.99. The number of benzene rings is 1. The van der Waals surface area contributed by atoms with E-state index in [1.165, 1.54) is 23.1 Å².